The standard InChI is InChI=1S/C19H19FN4O2/c1-12-22-16-5-3-4-6-18(16)24(12)10-9-21-19(26)14-7-8-15(20)17(11-14)23-13(2)25/h3-8,11H,9-10H2,1-2H3,(H,21,26)(H,23,25). The summed E-state index contributed by atoms with van der Waals surface area (Å²) in [6.07, 6.45) is 0. The van der Waals surface area contributed by atoms with Crippen molar-refractivity contribution in [3.63, 3.8) is 0 Å². The Balaban J connectivity index is 1.67. The number of carbonyl (C=O) groups is 2. The maximum Gasteiger partial charge on any atom is 0.251 e. The summed E-state index contributed by atoms with van der Waals surface area (Å²) in [6.45, 7) is 4.16. The van der Waals surface area contributed by atoms with Gasteiger partial charge in [-0.2, -0.15) is 0 Å². The number of hydrogen-bond donors (Lipinski definition) is 2. The number of anilines is 1. The first-order chi connectivity index (χ1) is 12.5. The smallest absolute Gasteiger partial charge is 0.251 e. The number of amides is 2. The third kappa shape index (κ3) is 3.72. The van der Waals surface area contributed by atoms with Crippen LogP contribution in [-0.2, 0) is 11.3 Å². The van der Waals surface area contributed by atoms with E-state index in [0.717, 1.165) is 22.9 Å². The van der Waals surface area contributed by atoms with E-state index in [9.17, 15) is 14.0 Å². The van der Waals surface area contributed by atoms with Crippen LogP contribution in [0.4, 0.5) is 10.1 Å². The number of benzene rings is 2. The first kappa shape index (κ1) is 17.6. The van der Waals surface area contributed by atoms with Gasteiger partial charge >= 0.3 is 0 Å². The van der Waals surface area contributed by atoms with E-state index in [-0.39, 0.29) is 17.2 Å². The normalized spacial score (nSPS) is 10.7. The predicted octanol–water partition coefficient (Wildman–Crippen LogP) is 2.87. The van der Waals surface area contributed by atoms with Crippen LogP contribution in [0.2, 0.25) is 0 Å². The van der Waals surface area contributed by atoms with Crippen LogP contribution >= 0.6 is 0 Å². The Kier molecular flexibility index (Phi) is 4.97. The molecule has 2 aromatic carbocycles. The Labute approximate surface area is 150 Å². The van der Waals surface area contributed by atoms with Crippen molar-refractivity contribution in [3.05, 3.63) is 59.7 Å². The van der Waals surface area contributed by atoms with Gasteiger partial charge in [0.05, 0.1) is 16.7 Å². The Hall–Kier alpha value is -3.22. The Bertz CT molecular complexity index is 981. The monoisotopic (exact) mass is 354 g/mol. The SMILES string of the molecule is CC(=O)Nc1cc(C(=O)NCCn2c(C)nc3ccccc32)ccc1F. The van der Waals surface area contributed by atoms with Gasteiger partial charge in [0.15, 0.2) is 0 Å². The molecule has 0 radical (unpaired) electrons. The minimum atomic E-state index is -0.586. The van der Waals surface area contributed by atoms with Crippen molar-refractivity contribution >= 4 is 28.5 Å². The molecule has 3 rings (SSSR count). The molecule has 2 amide bonds. The number of aromatic nitrogens is 2. The van der Waals surface area contributed by atoms with Gasteiger partial charge in [-0.3, -0.25) is 9.59 Å². The molecular formula is C19H19FN4O2. The number of nitrogens with zero attached hydrogens (tertiary/aromatic N) is 2. The van der Waals surface area contributed by atoms with E-state index in [1.807, 2.05) is 35.8 Å². The van der Waals surface area contributed by atoms with Gasteiger partial charge in [-0.15, -0.1) is 0 Å². The van der Waals surface area contributed by atoms with Crippen LogP contribution in [-0.4, -0.2) is 27.9 Å². The van der Waals surface area contributed by atoms with Crippen molar-refractivity contribution in [3.8, 4) is 0 Å². The lowest BCUT2D eigenvalue weighted by molar-refractivity contribution is -0.114. The molecule has 0 aliphatic rings. The number of fused-ring (bicyclic) bond motifs is 1. The third-order valence-electron chi connectivity index (χ3n) is 4.01. The first-order valence-electron chi connectivity index (χ1n) is 8.23. The molecule has 0 aliphatic heterocycles. The zero-order chi connectivity index (χ0) is 18.7. The molecule has 1 heterocycles. The molecule has 134 valence electrons. The summed E-state index contributed by atoms with van der Waals surface area (Å²) in [5.74, 6) is -0.449. The van der Waals surface area contributed by atoms with Gasteiger partial charge in [-0.1, -0.05) is 12.1 Å². The number of nitrogens with one attached hydrogen (secondary N) is 2. The van der Waals surface area contributed by atoms with E-state index < -0.39 is 11.7 Å². The highest BCUT2D eigenvalue weighted by atomic mass is 19.1. The lowest BCUT2D eigenvalue weighted by Crippen LogP contribution is -2.27. The highest BCUT2D eigenvalue weighted by Crippen LogP contribution is 2.17. The van der Waals surface area contributed by atoms with Crippen LogP contribution in [0.3, 0.4) is 0 Å². The molecular weight excluding hydrogens is 335 g/mol. The molecule has 26 heavy (non-hydrogen) atoms. The van der Waals surface area contributed by atoms with Crippen molar-refractivity contribution < 1.29 is 14.0 Å². The predicted molar refractivity (Wildman–Crippen MR) is 97.5 cm³/mol. The number of halogens is 1. The van der Waals surface area contributed by atoms with E-state index in [1.54, 1.807) is 0 Å². The quantitative estimate of drug-likeness (QED) is 0.740. The molecule has 6 nitrogen and oxygen atoms in total. The first-order valence-corrected chi connectivity index (χ1v) is 8.23. The molecule has 0 saturated carbocycles. The van der Waals surface area contributed by atoms with Crippen LogP contribution in [0.1, 0.15) is 23.1 Å². The summed E-state index contributed by atoms with van der Waals surface area (Å²) in [7, 11) is 0. The molecule has 1 aromatic heterocycles. The summed E-state index contributed by atoms with van der Waals surface area (Å²) in [5.41, 5.74) is 2.19. The van der Waals surface area contributed by atoms with Gasteiger partial charge < -0.3 is 15.2 Å². The van der Waals surface area contributed by atoms with Gasteiger partial charge in [0.1, 0.15) is 11.6 Å². The minimum absolute atomic E-state index is 0.0124. The van der Waals surface area contributed by atoms with E-state index in [0.29, 0.717) is 13.1 Å². The molecule has 0 bridgehead atoms. The summed E-state index contributed by atoms with van der Waals surface area (Å²) in [6, 6.07) is 11.7. The number of rotatable bonds is 5. The zero-order valence-corrected chi connectivity index (χ0v) is 14.5. The van der Waals surface area contributed by atoms with Gasteiger partial charge in [0.25, 0.3) is 5.91 Å². The Morgan fingerprint density at radius 3 is 2.73 bits per heavy atom. The summed E-state index contributed by atoms with van der Waals surface area (Å²) >= 11 is 0. The van der Waals surface area contributed by atoms with Crippen LogP contribution in [0.5, 0.6) is 0 Å². The van der Waals surface area contributed by atoms with Crippen LogP contribution in [0.15, 0.2) is 42.5 Å². The van der Waals surface area contributed by atoms with Crippen molar-refractivity contribution in [1.82, 2.24) is 14.9 Å². The molecule has 0 spiro atoms. The second-order valence-electron chi connectivity index (χ2n) is 5.93. The largest absolute Gasteiger partial charge is 0.350 e. The second kappa shape index (κ2) is 7.35. The number of aryl methyl sites for hydroxylation is 1. The van der Waals surface area contributed by atoms with Crippen molar-refractivity contribution in [2.75, 3.05) is 11.9 Å². The number of imidazole rings is 1. The Morgan fingerprint density at radius 2 is 1.96 bits per heavy atom. The van der Waals surface area contributed by atoms with Crippen LogP contribution in [0.25, 0.3) is 11.0 Å². The molecule has 0 fully saturated rings. The summed E-state index contributed by atoms with van der Waals surface area (Å²) in [4.78, 5) is 27.9. The van der Waals surface area contributed by atoms with Crippen LogP contribution in [0, 0.1) is 12.7 Å². The number of carbonyl (C=O) groups excluding carboxylic acids is 2. The third-order valence-corrected chi connectivity index (χ3v) is 4.01. The fraction of sp³-hybridized carbons (Fsp3) is 0.211. The topological polar surface area (TPSA) is 76.0 Å². The summed E-state index contributed by atoms with van der Waals surface area (Å²) in [5, 5.41) is 5.17. The van der Waals surface area contributed by atoms with Gasteiger partial charge in [0.2, 0.25) is 5.91 Å². The molecule has 2 N–H and O–H groups in total. The van der Waals surface area contributed by atoms with E-state index in [2.05, 4.69) is 15.6 Å². The molecule has 0 saturated heterocycles. The molecule has 0 aliphatic carbocycles. The maximum absolute atomic E-state index is 13.7. The summed E-state index contributed by atoms with van der Waals surface area (Å²) < 4.78 is 15.7. The molecule has 0 unspecified atom stereocenters. The van der Waals surface area contributed by atoms with Gasteiger partial charge in [0, 0.05) is 25.6 Å². The molecule has 7 heteroatoms. The Morgan fingerprint density at radius 1 is 1.19 bits per heavy atom. The van der Waals surface area contributed by atoms with Crippen LogP contribution < -0.4 is 10.6 Å². The maximum atomic E-state index is 13.7. The fourth-order valence-corrected chi connectivity index (χ4v) is 2.81. The second-order valence-corrected chi connectivity index (χ2v) is 5.93. The highest BCUT2D eigenvalue weighted by Gasteiger charge is 2.11. The van der Waals surface area contributed by atoms with Crippen molar-refractivity contribution in [2.24, 2.45) is 0 Å². The van der Waals surface area contributed by atoms with Crippen molar-refractivity contribution in [2.45, 2.75) is 20.4 Å². The average molecular weight is 354 g/mol. The number of hydrogen-bond acceptors (Lipinski definition) is 3. The lowest BCUT2D eigenvalue weighted by Gasteiger charge is -2.10. The highest BCUT2D eigenvalue weighted by molar-refractivity contribution is 5.96. The molecule has 0 atom stereocenters. The minimum Gasteiger partial charge on any atom is -0.350 e. The van der Waals surface area contributed by atoms with E-state index in [1.165, 1.54) is 19.1 Å². The fourth-order valence-electron chi connectivity index (χ4n) is 2.81. The van der Waals surface area contributed by atoms with E-state index in [4.69, 9.17) is 0 Å². The van der Waals surface area contributed by atoms with Gasteiger partial charge in [-0.05, 0) is 37.3 Å². The average Bonchev–Trinajstić information content (AvgIpc) is 2.92. The molecule has 3 aromatic rings. The zero-order valence-electron chi connectivity index (χ0n) is 14.5. The number of para-hydroxylation sites is 2. The van der Waals surface area contributed by atoms with Gasteiger partial charge in [-0.25, -0.2) is 9.37 Å². The van der Waals surface area contributed by atoms with E-state index >= 15 is 0 Å². The van der Waals surface area contributed by atoms with Crippen molar-refractivity contribution in [1.29, 1.82) is 0 Å². The lowest BCUT2D eigenvalue weighted by atomic mass is 10.1.